The number of nitrogens with zero attached hydrogens (tertiary/aromatic N) is 1. The first kappa shape index (κ1) is 14.5. The van der Waals surface area contributed by atoms with E-state index in [1.807, 2.05) is 12.1 Å². The third kappa shape index (κ3) is 1.59. The van der Waals surface area contributed by atoms with E-state index in [9.17, 15) is 9.18 Å². The number of hydrogen-bond donors (Lipinski definition) is 0. The molecule has 0 unspecified atom stereocenters. The first-order valence-electron chi connectivity index (χ1n) is 8.56. The summed E-state index contributed by atoms with van der Waals surface area (Å²) < 4.78 is 26.1. The maximum absolute atomic E-state index is 14.5. The Kier molecular flexibility index (Phi) is 2.77. The summed E-state index contributed by atoms with van der Waals surface area (Å²) in [6.45, 7) is 2.35. The van der Waals surface area contributed by atoms with Crippen LogP contribution in [-0.2, 0) is 21.4 Å². The highest BCUT2D eigenvalue weighted by Gasteiger charge is 2.64. The molecule has 0 N–H and O–H groups in total. The molecule has 0 amide bonds. The molecule has 0 radical (unpaired) electrons. The van der Waals surface area contributed by atoms with Crippen LogP contribution in [0.1, 0.15) is 24.5 Å². The molecule has 2 aliphatic carbocycles. The summed E-state index contributed by atoms with van der Waals surface area (Å²) >= 11 is 0. The van der Waals surface area contributed by atoms with Crippen LogP contribution in [-0.4, -0.2) is 42.7 Å². The van der Waals surface area contributed by atoms with Crippen LogP contribution in [0.25, 0.3) is 0 Å². The van der Waals surface area contributed by atoms with Gasteiger partial charge in [-0.1, -0.05) is 12.1 Å². The topological polar surface area (TPSA) is 38.8 Å². The summed E-state index contributed by atoms with van der Waals surface area (Å²) in [4.78, 5) is 13.9. The molecule has 126 valence electrons. The summed E-state index contributed by atoms with van der Waals surface area (Å²) in [5.41, 5.74) is 1.93. The highest BCUT2D eigenvalue weighted by molar-refractivity contribution is 5.67. The Labute approximate surface area is 140 Å². The van der Waals surface area contributed by atoms with Crippen molar-refractivity contribution in [3.8, 4) is 5.75 Å². The Morgan fingerprint density at radius 1 is 1.42 bits per heavy atom. The van der Waals surface area contributed by atoms with Crippen molar-refractivity contribution >= 4 is 5.97 Å². The first-order chi connectivity index (χ1) is 11.5. The second-order valence-corrected chi connectivity index (χ2v) is 7.48. The fraction of sp³-hybridized carbons (Fsp3) is 0.526. The number of likely N-dealkylation sites (N-methyl/N-ethyl adjacent to an activating group) is 1. The number of ether oxygens (including phenoxy) is 2. The van der Waals surface area contributed by atoms with Gasteiger partial charge in [-0.3, -0.25) is 4.79 Å². The molecule has 1 aromatic carbocycles. The summed E-state index contributed by atoms with van der Waals surface area (Å²) in [5, 5.41) is 0. The van der Waals surface area contributed by atoms with Gasteiger partial charge in [-0.15, -0.1) is 0 Å². The van der Waals surface area contributed by atoms with Crippen molar-refractivity contribution in [2.75, 3.05) is 13.6 Å². The van der Waals surface area contributed by atoms with E-state index in [0.717, 1.165) is 24.9 Å². The van der Waals surface area contributed by atoms with Gasteiger partial charge in [0.1, 0.15) is 6.10 Å². The van der Waals surface area contributed by atoms with E-state index in [-0.39, 0.29) is 29.2 Å². The van der Waals surface area contributed by atoms with Gasteiger partial charge in [-0.05, 0) is 44.1 Å². The number of carbonyl (C=O) groups excluding carboxylic acids is 1. The standard InChI is InChI=1S/C19H20FNO3/c1-10(22)23-15-6-4-12-14-9-11-3-5-13(20)17-16(11)19(12,18(15)24-17)7-8-21(14)2/h3-6,12,14-15,18H,7-9H2,1-2H3/t12-,14+,15-,18-,19-/m0/s1. The number of rotatable bonds is 1. The third-order valence-corrected chi connectivity index (χ3v) is 6.41. The molecule has 2 aliphatic heterocycles. The van der Waals surface area contributed by atoms with Crippen LogP contribution in [0, 0.1) is 11.7 Å². The molecule has 4 nitrogen and oxygen atoms in total. The lowest BCUT2D eigenvalue weighted by atomic mass is 9.53. The molecule has 5 rings (SSSR count). The minimum atomic E-state index is -0.458. The van der Waals surface area contributed by atoms with Gasteiger partial charge in [-0.2, -0.15) is 0 Å². The Hall–Kier alpha value is -1.88. The van der Waals surface area contributed by atoms with E-state index in [2.05, 4.69) is 18.0 Å². The highest BCUT2D eigenvalue weighted by atomic mass is 19.1. The summed E-state index contributed by atoms with van der Waals surface area (Å²) in [6.07, 6.45) is 5.12. The highest BCUT2D eigenvalue weighted by Crippen LogP contribution is 2.61. The largest absolute Gasteiger partial charge is 0.482 e. The van der Waals surface area contributed by atoms with Crippen LogP contribution in [0.4, 0.5) is 4.39 Å². The van der Waals surface area contributed by atoms with E-state index >= 15 is 0 Å². The number of piperidine rings is 1. The normalized spacial score (nSPS) is 38.5. The van der Waals surface area contributed by atoms with Gasteiger partial charge in [0.2, 0.25) is 0 Å². The molecule has 1 saturated heterocycles. The lowest BCUT2D eigenvalue weighted by Crippen LogP contribution is -2.65. The number of likely N-dealkylation sites (tertiary alicyclic amines) is 1. The lowest BCUT2D eigenvalue weighted by Gasteiger charge is -2.56. The quantitative estimate of drug-likeness (QED) is 0.585. The molecular weight excluding hydrogens is 309 g/mol. The van der Waals surface area contributed by atoms with Crippen molar-refractivity contribution in [1.82, 2.24) is 4.90 Å². The van der Waals surface area contributed by atoms with Gasteiger partial charge in [0.05, 0.1) is 0 Å². The predicted molar refractivity (Wildman–Crippen MR) is 85.4 cm³/mol. The van der Waals surface area contributed by atoms with Crippen LogP contribution in [0.2, 0.25) is 0 Å². The van der Waals surface area contributed by atoms with Crippen LogP contribution in [0.15, 0.2) is 24.3 Å². The van der Waals surface area contributed by atoms with Gasteiger partial charge >= 0.3 is 5.97 Å². The Balaban J connectivity index is 1.74. The molecule has 5 heteroatoms. The van der Waals surface area contributed by atoms with Gasteiger partial charge in [-0.25, -0.2) is 4.39 Å². The molecule has 5 atom stereocenters. The number of halogens is 1. The SMILES string of the molecule is CC(=O)O[C@H]1C=C[C@H]2[C@H]3Cc4ccc(F)c5c4[C@@]2(CCN3C)[C@H]1O5. The van der Waals surface area contributed by atoms with Crippen molar-refractivity contribution in [3.63, 3.8) is 0 Å². The summed E-state index contributed by atoms with van der Waals surface area (Å²) in [5.74, 6) is 0.00484. The first-order valence-corrected chi connectivity index (χ1v) is 8.56. The van der Waals surface area contributed by atoms with Crippen LogP contribution in [0.5, 0.6) is 5.75 Å². The molecule has 0 aromatic heterocycles. The second-order valence-electron chi connectivity index (χ2n) is 7.48. The maximum atomic E-state index is 14.5. The number of esters is 1. The van der Waals surface area contributed by atoms with Crippen molar-refractivity contribution in [1.29, 1.82) is 0 Å². The van der Waals surface area contributed by atoms with Crippen molar-refractivity contribution in [2.45, 2.75) is 43.4 Å². The van der Waals surface area contributed by atoms with Crippen molar-refractivity contribution in [2.24, 2.45) is 5.92 Å². The van der Waals surface area contributed by atoms with Crippen LogP contribution in [0.3, 0.4) is 0 Å². The van der Waals surface area contributed by atoms with Crippen LogP contribution >= 0.6 is 0 Å². The number of hydrogen-bond acceptors (Lipinski definition) is 4. The van der Waals surface area contributed by atoms with Crippen LogP contribution < -0.4 is 4.74 Å². The third-order valence-electron chi connectivity index (χ3n) is 6.41. The zero-order valence-corrected chi connectivity index (χ0v) is 13.8. The van der Waals surface area contributed by atoms with Gasteiger partial charge < -0.3 is 14.4 Å². The van der Waals surface area contributed by atoms with Gasteiger partial charge in [0, 0.05) is 29.9 Å². The minimum absolute atomic E-state index is 0.267. The second kappa shape index (κ2) is 4.60. The Bertz CT molecular complexity index is 776. The van der Waals surface area contributed by atoms with Crippen molar-refractivity contribution < 1.29 is 18.7 Å². The van der Waals surface area contributed by atoms with Gasteiger partial charge in [0.25, 0.3) is 0 Å². The van der Waals surface area contributed by atoms with E-state index in [4.69, 9.17) is 9.47 Å². The monoisotopic (exact) mass is 329 g/mol. The fourth-order valence-electron chi connectivity index (χ4n) is 5.49. The molecule has 24 heavy (non-hydrogen) atoms. The maximum Gasteiger partial charge on any atom is 0.303 e. The molecular formula is C19H20FNO3. The van der Waals surface area contributed by atoms with Gasteiger partial charge in [0.15, 0.2) is 17.7 Å². The molecule has 2 bridgehead atoms. The predicted octanol–water partition coefficient (Wildman–Crippen LogP) is 2.20. The number of benzene rings is 1. The Morgan fingerprint density at radius 3 is 3.04 bits per heavy atom. The van der Waals surface area contributed by atoms with E-state index in [1.165, 1.54) is 18.6 Å². The lowest BCUT2D eigenvalue weighted by molar-refractivity contribution is -0.152. The molecule has 2 heterocycles. The zero-order valence-electron chi connectivity index (χ0n) is 13.8. The van der Waals surface area contributed by atoms with E-state index < -0.39 is 6.10 Å². The smallest absolute Gasteiger partial charge is 0.303 e. The van der Waals surface area contributed by atoms with Crippen molar-refractivity contribution in [3.05, 3.63) is 41.2 Å². The minimum Gasteiger partial charge on any atom is -0.482 e. The summed E-state index contributed by atoms with van der Waals surface area (Å²) in [6, 6.07) is 3.79. The molecule has 1 spiro atoms. The average Bonchev–Trinajstić information content (AvgIpc) is 2.89. The zero-order chi connectivity index (χ0) is 16.6. The molecule has 1 fully saturated rings. The molecule has 4 aliphatic rings. The summed E-state index contributed by atoms with van der Waals surface area (Å²) in [7, 11) is 2.16. The number of carbonyl (C=O) groups is 1. The van der Waals surface area contributed by atoms with E-state index in [0.29, 0.717) is 11.8 Å². The average molecular weight is 329 g/mol. The molecule has 0 saturated carbocycles. The fourth-order valence-corrected chi connectivity index (χ4v) is 5.49. The Morgan fingerprint density at radius 2 is 2.25 bits per heavy atom. The molecule has 1 aromatic rings. The van der Waals surface area contributed by atoms with E-state index in [1.54, 1.807) is 0 Å².